The lowest BCUT2D eigenvalue weighted by Gasteiger charge is -2.30. The third-order valence-corrected chi connectivity index (χ3v) is 6.79. The molecule has 1 saturated carbocycles. The van der Waals surface area contributed by atoms with Crippen molar-refractivity contribution in [2.75, 3.05) is 24.3 Å². The lowest BCUT2D eigenvalue weighted by Crippen LogP contribution is -2.41. The van der Waals surface area contributed by atoms with Crippen molar-refractivity contribution in [3.05, 3.63) is 57.7 Å². The maximum absolute atomic E-state index is 12.5. The lowest BCUT2D eigenvalue weighted by molar-refractivity contribution is -0.121. The number of hydrogen-bond acceptors (Lipinski definition) is 5. The Morgan fingerprint density at radius 2 is 1.68 bits per heavy atom. The van der Waals surface area contributed by atoms with Crippen molar-refractivity contribution >= 4 is 51.2 Å². The van der Waals surface area contributed by atoms with Gasteiger partial charge in [-0.05, 0) is 72.0 Å². The number of amides is 1. The van der Waals surface area contributed by atoms with E-state index in [-0.39, 0.29) is 11.9 Å². The highest BCUT2D eigenvalue weighted by Crippen LogP contribution is 2.26. The zero-order valence-corrected chi connectivity index (χ0v) is 20.1. The normalized spacial score (nSPS) is 18.5. The van der Waals surface area contributed by atoms with Crippen molar-refractivity contribution in [3.8, 4) is 0 Å². The fourth-order valence-corrected chi connectivity index (χ4v) is 4.70. The number of rotatable bonds is 6. The molecule has 6 nitrogen and oxygen atoms in total. The molecule has 3 aromatic rings. The van der Waals surface area contributed by atoms with Crippen LogP contribution >= 0.6 is 22.6 Å². The highest BCUT2D eigenvalue weighted by molar-refractivity contribution is 14.1. The Balaban J connectivity index is 1.33. The number of carbonyl (C=O) groups is 1. The van der Waals surface area contributed by atoms with Gasteiger partial charge in [0.15, 0.2) is 0 Å². The van der Waals surface area contributed by atoms with E-state index in [0.717, 1.165) is 51.5 Å². The van der Waals surface area contributed by atoms with E-state index in [1.807, 2.05) is 61.5 Å². The summed E-state index contributed by atoms with van der Waals surface area (Å²) in [5.74, 6) is 1.70. The van der Waals surface area contributed by atoms with Crippen molar-refractivity contribution in [3.63, 3.8) is 0 Å². The van der Waals surface area contributed by atoms with Crippen molar-refractivity contribution in [2.24, 2.45) is 0 Å². The van der Waals surface area contributed by atoms with Crippen LogP contribution in [-0.4, -0.2) is 42.1 Å². The van der Waals surface area contributed by atoms with Gasteiger partial charge in [-0.1, -0.05) is 30.3 Å². The maximum Gasteiger partial charge on any atom is 0.225 e. The third kappa shape index (κ3) is 5.44. The zero-order valence-electron chi connectivity index (χ0n) is 17.9. The fourth-order valence-electron chi connectivity index (χ4n) is 4.12. The smallest absolute Gasteiger partial charge is 0.225 e. The second kappa shape index (κ2) is 9.80. The number of para-hydroxylation sites is 1. The van der Waals surface area contributed by atoms with E-state index in [1.165, 1.54) is 0 Å². The van der Waals surface area contributed by atoms with Crippen LogP contribution < -0.4 is 15.5 Å². The standard InChI is InChI=1S/C24H28IN5O/c1-30(2)23-19-8-4-6-10-21(19)28-24(29-23)27-18-13-11-17(12-14-18)26-22(31)15-16-7-3-5-9-20(16)25/h3-10,17-18H,11-15H2,1-2H3,(H,26,31)(H,27,28,29). The molecule has 0 atom stereocenters. The summed E-state index contributed by atoms with van der Waals surface area (Å²) >= 11 is 2.29. The van der Waals surface area contributed by atoms with Crippen LogP contribution in [0.1, 0.15) is 31.2 Å². The monoisotopic (exact) mass is 529 g/mol. The van der Waals surface area contributed by atoms with Gasteiger partial charge >= 0.3 is 0 Å². The predicted octanol–water partition coefficient (Wildman–Crippen LogP) is 4.38. The van der Waals surface area contributed by atoms with Crippen LogP contribution in [-0.2, 0) is 11.2 Å². The maximum atomic E-state index is 12.5. The Bertz CT molecular complexity index is 1060. The summed E-state index contributed by atoms with van der Waals surface area (Å²) in [7, 11) is 4.01. The Morgan fingerprint density at radius 3 is 2.42 bits per heavy atom. The van der Waals surface area contributed by atoms with Crippen molar-refractivity contribution < 1.29 is 4.79 Å². The summed E-state index contributed by atoms with van der Waals surface area (Å²) in [5, 5.41) is 7.80. The van der Waals surface area contributed by atoms with Crippen molar-refractivity contribution in [1.29, 1.82) is 0 Å². The van der Waals surface area contributed by atoms with Crippen LogP contribution in [0.2, 0.25) is 0 Å². The highest BCUT2D eigenvalue weighted by atomic mass is 127. The molecule has 1 amide bonds. The Morgan fingerprint density at radius 1 is 1.00 bits per heavy atom. The quantitative estimate of drug-likeness (QED) is 0.464. The second-order valence-corrected chi connectivity index (χ2v) is 9.47. The largest absolute Gasteiger partial charge is 0.362 e. The van der Waals surface area contributed by atoms with Gasteiger partial charge in [-0.25, -0.2) is 4.98 Å². The lowest BCUT2D eigenvalue weighted by atomic mass is 9.91. The first-order valence-corrected chi connectivity index (χ1v) is 11.8. The van der Waals surface area contributed by atoms with Gasteiger partial charge in [0.2, 0.25) is 11.9 Å². The summed E-state index contributed by atoms with van der Waals surface area (Å²) < 4.78 is 1.13. The summed E-state index contributed by atoms with van der Waals surface area (Å²) in [5.41, 5.74) is 2.03. The molecule has 2 N–H and O–H groups in total. The number of nitrogens with zero attached hydrogens (tertiary/aromatic N) is 3. The minimum atomic E-state index is 0.106. The molecule has 0 saturated heterocycles. The van der Waals surface area contributed by atoms with Gasteiger partial charge in [0.05, 0.1) is 11.9 Å². The minimum absolute atomic E-state index is 0.106. The number of anilines is 2. The Labute approximate surface area is 197 Å². The van der Waals surface area contributed by atoms with Gasteiger partial charge < -0.3 is 15.5 Å². The molecule has 31 heavy (non-hydrogen) atoms. The van der Waals surface area contributed by atoms with E-state index in [2.05, 4.69) is 39.3 Å². The average molecular weight is 529 g/mol. The number of nitrogens with one attached hydrogen (secondary N) is 2. The van der Waals surface area contributed by atoms with E-state index in [0.29, 0.717) is 18.4 Å². The van der Waals surface area contributed by atoms with Crippen LogP contribution in [0.5, 0.6) is 0 Å². The molecule has 0 bridgehead atoms. The molecule has 0 aliphatic heterocycles. The topological polar surface area (TPSA) is 70.2 Å². The average Bonchev–Trinajstić information content (AvgIpc) is 2.76. The van der Waals surface area contributed by atoms with Gasteiger partial charge in [0.1, 0.15) is 5.82 Å². The molecule has 0 unspecified atom stereocenters. The molecule has 0 radical (unpaired) electrons. The number of hydrogen-bond donors (Lipinski definition) is 2. The summed E-state index contributed by atoms with van der Waals surface area (Å²) in [6.07, 6.45) is 4.34. The number of fused-ring (bicyclic) bond motifs is 1. The Kier molecular flexibility index (Phi) is 6.89. The van der Waals surface area contributed by atoms with Crippen LogP contribution in [0.25, 0.3) is 10.9 Å². The number of carbonyl (C=O) groups excluding carboxylic acids is 1. The van der Waals surface area contributed by atoms with Crippen LogP contribution in [0.15, 0.2) is 48.5 Å². The molecule has 1 fully saturated rings. The number of benzene rings is 2. The summed E-state index contributed by atoms with van der Waals surface area (Å²) in [6, 6.07) is 16.7. The van der Waals surface area contributed by atoms with Gasteiger partial charge in [-0.15, -0.1) is 0 Å². The van der Waals surface area contributed by atoms with Gasteiger partial charge in [-0.3, -0.25) is 4.79 Å². The number of halogens is 1. The predicted molar refractivity (Wildman–Crippen MR) is 135 cm³/mol. The van der Waals surface area contributed by atoms with Crippen LogP contribution in [0.4, 0.5) is 11.8 Å². The zero-order chi connectivity index (χ0) is 21.8. The van der Waals surface area contributed by atoms with Gasteiger partial charge in [0.25, 0.3) is 0 Å². The van der Waals surface area contributed by atoms with Crippen molar-refractivity contribution in [2.45, 2.75) is 44.2 Å². The van der Waals surface area contributed by atoms with E-state index < -0.39 is 0 Å². The van der Waals surface area contributed by atoms with E-state index in [1.54, 1.807) is 0 Å². The first-order valence-electron chi connectivity index (χ1n) is 10.7. The molecule has 7 heteroatoms. The molecule has 2 aromatic carbocycles. The van der Waals surface area contributed by atoms with Gasteiger partial charge in [0, 0.05) is 35.1 Å². The minimum Gasteiger partial charge on any atom is -0.362 e. The first-order chi connectivity index (χ1) is 15.0. The van der Waals surface area contributed by atoms with Crippen LogP contribution in [0, 0.1) is 3.57 Å². The Hall–Kier alpha value is -2.42. The SMILES string of the molecule is CN(C)c1nc(NC2CCC(NC(=O)Cc3ccccc3I)CC2)nc2ccccc12. The fraction of sp³-hybridized carbons (Fsp3) is 0.375. The molecule has 1 aromatic heterocycles. The molecule has 1 heterocycles. The summed E-state index contributed by atoms with van der Waals surface area (Å²) in [6.45, 7) is 0. The third-order valence-electron chi connectivity index (χ3n) is 5.74. The highest BCUT2D eigenvalue weighted by Gasteiger charge is 2.23. The van der Waals surface area contributed by atoms with E-state index >= 15 is 0 Å². The van der Waals surface area contributed by atoms with Crippen molar-refractivity contribution in [1.82, 2.24) is 15.3 Å². The van der Waals surface area contributed by atoms with Gasteiger partial charge in [-0.2, -0.15) is 4.98 Å². The van der Waals surface area contributed by atoms with E-state index in [9.17, 15) is 4.79 Å². The molecule has 4 rings (SSSR count). The number of aromatic nitrogens is 2. The molecule has 1 aliphatic carbocycles. The van der Waals surface area contributed by atoms with Crippen LogP contribution in [0.3, 0.4) is 0 Å². The molecular weight excluding hydrogens is 501 g/mol. The van der Waals surface area contributed by atoms with E-state index in [4.69, 9.17) is 9.97 Å². The molecular formula is C24H28IN5O. The summed E-state index contributed by atoms with van der Waals surface area (Å²) in [4.78, 5) is 24.0. The molecule has 1 aliphatic rings. The molecule has 162 valence electrons. The molecule has 0 spiro atoms. The second-order valence-electron chi connectivity index (χ2n) is 8.31. The first kappa shape index (κ1) is 21.8.